The van der Waals surface area contributed by atoms with Gasteiger partial charge in [0.15, 0.2) is 23.0 Å². The molecular weight excluding hydrogens is 514 g/mol. The van der Waals surface area contributed by atoms with Gasteiger partial charge in [-0.2, -0.15) is 0 Å². The van der Waals surface area contributed by atoms with E-state index in [2.05, 4.69) is 21.9 Å². The zero-order chi connectivity index (χ0) is 27.4. The molecule has 7 nitrogen and oxygen atoms in total. The third-order valence-electron chi connectivity index (χ3n) is 7.32. The molecule has 8 heteroatoms. The van der Waals surface area contributed by atoms with Gasteiger partial charge in [-0.15, -0.1) is 0 Å². The van der Waals surface area contributed by atoms with Crippen LogP contribution in [0.15, 0.2) is 60.8 Å². The van der Waals surface area contributed by atoms with Gasteiger partial charge in [0.25, 0.3) is 0 Å². The van der Waals surface area contributed by atoms with Gasteiger partial charge in [0.05, 0.1) is 34.1 Å². The van der Waals surface area contributed by atoms with Crippen molar-refractivity contribution in [2.75, 3.05) is 59.5 Å². The summed E-state index contributed by atoms with van der Waals surface area (Å²) in [4.78, 5) is 9.81. The van der Waals surface area contributed by atoms with Crippen LogP contribution < -0.4 is 23.8 Å². The van der Waals surface area contributed by atoms with Gasteiger partial charge < -0.3 is 23.8 Å². The van der Waals surface area contributed by atoms with Crippen molar-refractivity contribution in [2.45, 2.75) is 13.0 Å². The molecule has 4 aromatic rings. The largest absolute Gasteiger partial charge is 0.493 e. The zero-order valence-electron chi connectivity index (χ0n) is 22.9. The topological polar surface area (TPSA) is 56.3 Å². The number of methoxy groups -OCH3 is 4. The highest BCUT2D eigenvalue weighted by Crippen LogP contribution is 2.36. The lowest BCUT2D eigenvalue weighted by Crippen LogP contribution is -2.46. The predicted octanol–water partition coefficient (Wildman–Crippen LogP) is 5.84. The minimum Gasteiger partial charge on any atom is -0.493 e. The van der Waals surface area contributed by atoms with E-state index in [0.29, 0.717) is 29.4 Å². The number of pyridine rings is 1. The van der Waals surface area contributed by atoms with Crippen LogP contribution >= 0.6 is 11.6 Å². The van der Waals surface area contributed by atoms with Crippen LogP contribution in [-0.4, -0.2) is 64.5 Å². The van der Waals surface area contributed by atoms with Crippen molar-refractivity contribution < 1.29 is 18.9 Å². The molecule has 1 aliphatic rings. The number of fused-ring (bicyclic) bond motifs is 1. The zero-order valence-corrected chi connectivity index (χ0v) is 23.6. The number of benzene rings is 3. The second kappa shape index (κ2) is 12.0. The molecule has 204 valence electrons. The number of rotatable bonds is 9. The van der Waals surface area contributed by atoms with Crippen LogP contribution in [-0.2, 0) is 13.0 Å². The molecule has 0 amide bonds. The molecule has 2 heterocycles. The predicted molar refractivity (Wildman–Crippen MR) is 156 cm³/mol. The second-order valence-electron chi connectivity index (χ2n) is 9.59. The fourth-order valence-corrected chi connectivity index (χ4v) is 5.39. The molecule has 0 aliphatic carbocycles. The van der Waals surface area contributed by atoms with E-state index < -0.39 is 0 Å². The Morgan fingerprint density at radius 1 is 0.744 bits per heavy atom. The van der Waals surface area contributed by atoms with Crippen molar-refractivity contribution in [1.29, 1.82) is 0 Å². The number of ether oxygens (including phenoxy) is 4. The first-order chi connectivity index (χ1) is 19.0. The summed E-state index contributed by atoms with van der Waals surface area (Å²) >= 11 is 6.22. The quantitative estimate of drug-likeness (QED) is 0.261. The summed E-state index contributed by atoms with van der Waals surface area (Å²) in [7, 11) is 6.62. The molecule has 0 bridgehead atoms. The molecule has 5 rings (SSSR count). The van der Waals surface area contributed by atoms with Crippen LogP contribution in [0.1, 0.15) is 16.8 Å². The van der Waals surface area contributed by atoms with Gasteiger partial charge in [0.2, 0.25) is 0 Å². The van der Waals surface area contributed by atoms with Crippen molar-refractivity contribution in [2.24, 2.45) is 0 Å². The maximum absolute atomic E-state index is 6.22. The van der Waals surface area contributed by atoms with Gasteiger partial charge in [-0.25, -0.2) is 0 Å². The van der Waals surface area contributed by atoms with Crippen LogP contribution in [0.4, 0.5) is 5.69 Å². The minimum absolute atomic E-state index is 0.644. The molecule has 0 spiro atoms. The van der Waals surface area contributed by atoms with Crippen LogP contribution in [0, 0.1) is 0 Å². The molecule has 1 aromatic heterocycles. The Labute approximate surface area is 234 Å². The highest BCUT2D eigenvalue weighted by atomic mass is 35.5. The van der Waals surface area contributed by atoms with Crippen molar-refractivity contribution >= 4 is 28.1 Å². The average molecular weight is 548 g/mol. The molecule has 3 aromatic carbocycles. The van der Waals surface area contributed by atoms with E-state index in [1.54, 1.807) is 28.4 Å². The molecule has 0 unspecified atom stereocenters. The maximum Gasteiger partial charge on any atom is 0.161 e. The summed E-state index contributed by atoms with van der Waals surface area (Å²) in [5.74, 6) is 2.80. The summed E-state index contributed by atoms with van der Waals surface area (Å²) in [6.45, 7) is 4.60. The summed E-state index contributed by atoms with van der Waals surface area (Å²) in [6, 6.07) is 18.2. The fourth-order valence-electron chi connectivity index (χ4n) is 5.21. The lowest BCUT2D eigenvalue weighted by molar-refractivity contribution is 0.250. The summed E-state index contributed by atoms with van der Waals surface area (Å²) < 4.78 is 22.2. The number of piperazine rings is 1. The summed E-state index contributed by atoms with van der Waals surface area (Å²) in [5.41, 5.74) is 4.39. The van der Waals surface area contributed by atoms with Gasteiger partial charge in [-0.1, -0.05) is 23.7 Å². The Kier molecular flexibility index (Phi) is 8.29. The number of hydrogen-bond acceptors (Lipinski definition) is 7. The van der Waals surface area contributed by atoms with Crippen molar-refractivity contribution in [1.82, 2.24) is 9.88 Å². The van der Waals surface area contributed by atoms with Gasteiger partial charge >= 0.3 is 0 Å². The Bertz CT molecular complexity index is 1450. The molecular formula is C31H34ClN3O4. The van der Waals surface area contributed by atoms with Gasteiger partial charge in [0.1, 0.15) is 0 Å². The monoisotopic (exact) mass is 547 g/mol. The van der Waals surface area contributed by atoms with Crippen molar-refractivity contribution in [3.63, 3.8) is 0 Å². The highest BCUT2D eigenvalue weighted by molar-refractivity contribution is 6.30. The summed E-state index contributed by atoms with van der Waals surface area (Å²) in [5, 5.41) is 2.94. The van der Waals surface area contributed by atoms with E-state index in [1.807, 2.05) is 48.7 Å². The highest BCUT2D eigenvalue weighted by Gasteiger charge is 2.20. The second-order valence-corrected chi connectivity index (χ2v) is 10.0. The molecule has 0 atom stereocenters. The molecule has 0 N–H and O–H groups in total. The SMILES string of the molecule is COc1ccc(Cc2ncc(CN3CCN(c4cccc(Cl)c4)CC3)c3cc(OC)c(OC)cc23)cc1OC. The van der Waals surface area contributed by atoms with Crippen LogP contribution in [0.3, 0.4) is 0 Å². The first-order valence-electron chi connectivity index (χ1n) is 13.0. The number of halogens is 1. The molecule has 1 saturated heterocycles. The van der Waals surface area contributed by atoms with E-state index in [4.69, 9.17) is 35.5 Å². The van der Waals surface area contributed by atoms with Crippen LogP contribution in [0.5, 0.6) is 23.0 Å². The van der Waals surface area contributed by atoms with E-state index in [9.17, 15) is 0 Å². The lowest BCUT2D eigenvalue weighted by atomic mass is 9.99. The van der Waals surface area contributed by atoms with E-state index in [-0.39, 0.29) is 0 Å². The van der Waals surface area contributed by atoms with E-state index >= 15 is 0 Å². The third kappa shape index (κ3) is 5.84. The molecule has 1 fully saturated rings. The number of anilines is 1. The fraction of sp³-hybridized carbons (Fsp3) is 0.323. The smallest absolute Gasteiger partial charge is 0.161 e. The first-order valence-corrected chi connectivity index (χ1v) is 13.4. The minimum atomic E-state index is 0.644. The Hall–Kier alpha value is -3.68. The normalized spacial score (nSPS) is 13.9. The first kappa shape index (κ1) is 26.9. The van der Waals surface area contributed by atoms with E-state index in [1.165, 1.54) is 11.3 Å². The van der Waals surface area contributed by atoms with E-state index in [0.717, 1.165) is 59.8 Å². The lowest BCUT2D eigenvalue weighted by Gasteiger charge is -2.36. The standard InChI is InChI=1S/C31H34ClN3O4/c1-36-28-9-8-21(15-29(28)37-2)14-27-26-18-31(39-4)30(38-3)17-25(26)22(19-33-27)20-34-10-12-35(13-11-34)24-7-5-6-23(32)16-24/h5-9,15-19H,10-14,20H2,1-4H3. The van der Waals surface area contributed by atoms with Crippen molar-refractivity contribution in [3.05, 3.63) is 82.6 Å². The molecule has 0 radical (unpaired) electrons. The Balaban J connectivity index is 1.42. The molecule has 0 saturated carbocycles. The van der Waals surface area contributed by atoms with Crippen LogP contribution in [0.25, 0.3) is 10.8 Å². The Morgan fingerprint density at radius 2 is 1.41 bits per heavy atom. The van der Waals surface area contributed by atoms with Gasteiger partial charge in [-0.3, -0.25) is 9.88 Å². The van der Waals surface area contributed by atoms with Crippen molar-refractivity contribution in [3.8, 4) is 23.0 Å². The molecule has 1 aliphatic heterocycles. The van der Waals surface area contributed by atoms with Gasteiger partial charge in [0, 0.05) is 61.4 Å². The average Bonchev–Trinajstić information content (AvgIpc) is 2.97. The molecule has 39 heavy (non-hydrogen) atoms. The number of nitrogens with zero attached hydrogens (tertiary/aromatic N) is 3. The van der Waals surface area contributed by atoms with Crippen LogP contribution in [0.2, 0.25) is 5.02 Å². The third-order valence-corrected chi connectivity index (χ3v) is 7.55. The number of hydrogen-bond donors (Lipinski definition) is 0. The maximum atomic E-state index is 6.22. The van der Waals surface area contributed by atoms with Gasteiger partial charge in [-0.05, 0) is 59.0 Å². The summed E-state index contributed by atoms with van der Waals surface area (Å²) in [6.07, 6.45) is 2.65. The number of aromatic nitrogens is 1. The Morgan fingerprint density at radius 3 is 2.08 bits per heavy atom.